The van der Waals surface area contributed by atoms with Gasteiger partial charge in [-0.2, -0.15) is 0 Å². The van der Waals surface area contributed by atoms with E-state index in [9.17, 15) is 22.0 Å². The van der Waals surface area contributed by atoms with E-state index in [0.717, 1.165) is 37.6 Å². The summed E-state index contributed by atoms with van der Waals surface area (Å²) in [5.41, 5.74) is 6.98. The molecule has 1 saturated heterocycles. The average molecular weight is 448 g/mol. The highest BCUT2D eigenvalue weighted by Crippen LogP contribution is 2.33. The lowest BCUT2D eigenvalue weighted by atomic mass is 9.88. The molecule has 0 aromatic heterocycles. The summed E-state index contributed by atoms with van der Waals surface area (Å²) in [6.45, 7) is 2.12. The van der Waals surface area contributed by atoms with Crippen LogP contribution in [0.1, 0.15) is 29.9 Å². The highest BCUT2D eigenvalue weighted by atomic mass is 19.2. The minimum atomic E-state index is -1.28. The van der Waals surface area contributed by atoms with Gasteiger partial charge >= 0.3 is 0 Å². The first-order valence-corrected chi connectivity index (χ1v) is 10.2. The number of nitrogen functional groups attached to an aromatic ring is 1. The maximum Gasteiger partial charge on any atom is 0.168 e. The molecule has 0 radical (unpaired) electrons. The van der Waals surface area contributed by atoms with Crippen LogP contribution in [-0.4, -0.2) is 18.0 Å². The van der Waals surface area contributed by atoms with Crippen molar-refractivity contribution in [2.45, 2.75) is 25.3 Å². The first-order valence-electron chi connectivity index (χ1n) is 10.2. The lowest BCUT2D eigenvalue weighted by molar-refractivity contribution is 0.203. The summed E-state index contributed by atoms with van der Waals surface area (Å²) < 4.78 is 72.9. The second-order valence-corrected chi connectivity index (χ2v) is 7.89. The highest BCUT2D eigenvalue weighted by Gasteiger charge is 2.24. The summed E-state index contributed by atoms with van der Waals surface area (Å²) >= 11 is 0. The number of piperidine rings is 1. The number of nitrogens with two attached hydrogens (primary N) is 1. The molecule has 2 N–H and O–H groups in total. The molecule has 0 atom stereocenters. The van der Waals surface area contributed by atoms with Crippen molar-refractivity contribution < 1.29 is 26.7 Å². The topological polar surface area (TPSA) is 38.5 Å². The monoisotopic (exact) mass is 448 g/mol. The maximum atomic E-state index is 14.1. The zero-order valence-electron chi connectivity index (χ0n) is 17.1. The summed E-state index contributed by atoms with van der Waals surface area (Å²) in [5.74, 6) is -4.89. The van der Waals surface area contributed by atoms with Gasteiger partial charge in [-0.05, 0) is 61.2 Å². The molecule has 1 heterocycles. The van der Waals surface area contributed by atoms with Crippen molar-refractivity contribution in [3.63, 3.8) is 0 Å². The van der Waals surface area contributed by atoms with Crippen LogP contribution in [0, 0.1) is 29.1 Å². The molecule has 168 valence electrons. The number of nitrogens with zero attached hydrogens (tertiary/aromatic N) is 1. The number of hydrogen-bond donors (Lipinski definition) is 1. The average Bonchev–Trinajstić information content (AvgIpc) is 2.76. The quantitative estimate of drug-likeness (QED) is 0.290. The normalized spacial score (nSPS) is 15.2. The van der Waals surface area contributed by atoms with Crippen LogP contribution < -0.4 is 10.5 Å². The third-order valence-corrected chi connectivity index (χ3v) is 5.68. The Morgan fingerprint density at radius 2 is 1.41 bits per heavy atom. The van der Waals surface area contributed by atoms with Crippen LogP contribution in [0.25, 0.3) is 0 Å². The van der Waals surface area contributed by atoms with E-state index in [1.165, 1.54) is 6.07 Å². The molecule has 0 saturated carbocycles. The SMILES string of the molecule is Nc1cc(C2CCN(Cc3ccc(Oc4cc(F)c(F)cc4F)cc3)CC2)c(F)cc1F. The summed E-state index contributed by atoms with van der Waals surface area (Å²) in [6, 6.07) is 10.2. The van der Waals surface area contributed by atoms with E-state index in [-0.39, 0.29) is 11.6 Å². The van der Waals surface area contributed by atoms with Crippen molar-refractivity contribution in [2.24, 2.45) is 0 Å². The molecule has 1 aliphatic heterocycles. The molecule has 0 aliphatic carbocycles. The Balaban J connectivity index is 1.34. The summed E-state index contributed by atoms with van der Waals surface area (Å²) in [4.78, 5) is 2.21. The smallest absolute Gasteiger partial charge is 0.168 e. The van der Waals surface area contributed by atoms with Crippen LogP contribution in [0.4, 0.5) is 27.6 Å². The Morgan fingerprint density at radius 3 is 2.09 bits per heavy atom. The molecule has 3 aromatic carbocycles. The number of likely N-dealkylation sites (tertiary alicyclic amines) is 1. The minimum absolute atomic E-state index is 0.0177. The Labute approximate surface area is 182 Å². The van der Waals surface area contributed by atoms with Gasteiger partial charge in [0.2, 0.25) is 0 Å². The molecule has 1 fully saturated rings. The number of hydrogen-bond acceptors (Lipinski definition) is 3. The van der Waals surface area contributed by atoms with E-state index >= 15 is 0 Å². The first-order chi connectivity index (χ1) is 15.3. The number of halogens is 5. The third-order valence-electron chi connectivity index (χ3n) is 5.68. The zero-order chi connectivity index (χ0) is 22.8. The molecule has 4 rings (SSSR count). The fourth-order valence-electron chi connectivity index (χ4n) is 3.93. The minimum Gasteiger partial charge on any atom is -0.454 e. The second-order valence-electron chi connectivity index (χ2n) is 7.89. The molecule has 8 heteroatoms. The molecule has 0 bridgehead atoms. The standard InChI is InChI=1S/C24H21F5N2O/c25-18-10-21(28)23(30)9-17(18)15-5-7-31(8-6-15)13-14-1-3-16(4-2-14)32-24-12-20(27)19(26)11-22(24)29/h1-4,9-12,15H,5-8,13,30H2. The van der Waals surface area contributed by atoms with E-state index < -0.39 is 34.8 Å². The molecule has 3 nitrogen and oxygen atoms in total. The number of benzene rings is 3. The Morgan fingerprint density at radius 1 is 0.781 bits per heavy atom. The molecular weight excluding hydrogens is 427 g/mol. The Bertz CT molecular complexity index is 1110. The van der Waals surface area contributed by atoms with E-state index in [1.54, 1.807) is 24.3 Å². The van der Waals surface area contributed by atoms with Crippen molar-refractivity contribution in [1.82, 2.24) is 4.90 Å². The molecule has 3 aromatic rings. The number of rotatable bonds is 5. The van der Waals surface area contributed by atoms with Crippen molar-refractivity contribution in [3.8, 4) is 11.5 Å². The van der Waals surface area contributed by atoms with Gasteiger partial charge in [0.15, 0.2) is 23.2 Å². The fourth-order valence-corrected chi connectivity index (χ4v) is 3.93. The van der Waals surface area contributed by atoms with Gasteiger partial charge < -0.3 is 10.5 Å². The lowest BCUT2D eigenvalue weighted by Gasteiger charge is -2.32. The van der Waals surface area contributed by atoms with E-state index in [4.69, 9.17) is 10.5 Å². The zero-order valence-corrected chi connectivity index (χ0v) is 17.1. The molecule has 0 amide bonds. The largest absolute Gasteiger partial charge is 0.454 e. The highest BCUT2D eigenvalue weighted by molar-refractivity contribution is 5.44. The van der Waals surface area contributed by atoms with E-state index in [0.29, 0.717) is 30.0 Å². The molecule has 0 unspecified atom stereocenters. The van der Waals surface area contributed by atoms with E-state index in [1.807, 2.05) is 0 Å². The Hall–Kier alpha value is -3.13. The van der Waals surface area contributed by atoms with Gasteiger partial charge in [-0.1, -0.05) is 12.1 Å². The maximum absolute atomic E-state index is 14.1. The van der Waals surface area contributed by atoms with E-state index in [2.05, 4.69) is 4.90 Å². The molecular formula is C24H21F5N2O. The summed E-state index contributed by atoms with van der Waals surface area (Å²) in [7, 11) is 0. The van der Waals surface area contributed by atoms with Gasteiger partial charge in [-0.15, -0.1) is 0 Å². The first kappa shape index (κ1) is 22.1. The fraction of sp³-hybridized carbons (Fsp3) is 0.250. The van der Waals surface area contributed by atoms with Crippen LogP contribution in [-0.2, 0) is 6.54 Å². The van der Waals surface area contributed by atoms with Crippen LogP contribution in [0.3, 0.4) is 0 Å². The molecule has 1 aliphatic rings. The van der Waals surface area contributed by atoms with Crippen LogP contribution in [0.5, 0.6) is 11.5 Å². The van der Waals surface area contributed by atoms with Gasteiger partial charge in [0, 0.05) is 24.7 Å². The number of anilines is 1. The molecule has 32 heavy (non-hydrogen) atoms. The van der Waals surface area contributed by atoms with Crippen molar-refractivity contribution in [3.05, 3.63) is 88.7 Å². The summed E-state index contributed by atoms with van der Waals surface area (Å²) in [5, 5.41) is 0. The van der Waals surface area contributed by atoms with Crippen LogP contribution in [0.2, 0.25) is 0 Å². The van der Waals surface area contributed by atoms with Gasteiger partial charge in [-0.25, -0.2) is 22.0 Å². The van der Waals surface area contributed by atoms with Gasteiger partial charge in [0.1, 0.15) is 17.4 Å². The van der Waals surface area contributed by atoms with Crippen LogP contribution >= 0.6 is 0 Å². The third kappa shape index (κ3) is 4.85. The predicted octanol–water partition coefficient (Wildman–Crippen LogP) is 6.14. The van der Waals surface area contributed by atoms with Gasteiger partial charge in [0.05, 0.1) is 5.69 Å². The molecule has 0 spiro atoms. The predicted molar refractivity (Wildman–Crippen MR) is 111 cm³/mol. The summed E-state index contributed by atoms with van der Waals surface area (Å²) in [6.07, 6.45) is 1.44. The van der Waals surface area contributed by atoms with Crippen molar-refractivity contribution in [1.29, 1.82) is 0 Å². The Kier molecular flexibility index (Phi) is 6.32. The van der Waals surface area contributed by atoms with Gasteiger partial charge in [-0.3, -0.25) is 4.90 Å². The lowest BCUT2D eigenvalue weighted by Crippen LogP contribution is -2.32. The van der Waals surface area contributed by atoms with Crippen molar-refractivity contribution >= 4 is 5.69 Å². The van der Waals surface area contributed by atoms with Crippen LogP contribution in [0.15, 0.2) is 48.5 Å². The second kappa shape index (κ2) is 9.16. The number of ether oxygens (including phenoxy) is 1. The van der Waals surface area contributed by atoms with Crippen molar-refractivity contribution in [2.75, 3.05) is 18.8 Å². The van der Waals surface area contributed by atoms with Gasteiger partial charge in [0.25, 0.3) is 0 Å².